The molecule has 3 heteroatoms. The van der Waals surface area contributed by atoms with E-state index in [4.69, 9.17) is 0 Å². The lowest BCUT2D eigenvalue weighted by Crippen LogP contribution is -2.09. The molecule has 0 atom stereocenters. The summed E-state index contributed by atoms with van der Waals surface area (Å²) < 4.78 is 2.49. The van der Waals surface area contributed by atoms with Gasteiger partial charge in [0.1, 0.15) is 0 Å². The Labute approximate surface area is 312 Å². The minimum Gasteiger partial charge on any atom is -0.310 e. The first kappa shape index (κ1) is 30.1. The van der Waals surface area contributed by atoms with Gasteiger partial charge < -0.3 is 9.47 Å². The van der Waals surface area contributed by atoms with E-state index in [-0.39, 0.29) is 0 Å². The van der Waals surface area contributed by atoms with Gasteiger partial charge in [-0.2, -0.15) is 0 Å². The molecule has 0 bridgehead atoms. The average Bonchev–Trinajstić information content (AvgIpc) is 3.57. The molecule has 1 aromatic heterocycles. The van der Waals surface area contributed by atoms with Gasteiger partial charge in [0, 0.05) is 43.2 Å². The Morgan fingerprint density at radius 3 is 1.72 bits per heavy atom. The molecule has 53 heavy (non-hydrogen) atoms. The van der Waals surface area contributed by atoms with Crippen molar-refractivity contribution in [3.63, 3.8) is 0 Å². The first-order chi connectivity index (χ1) is 26.3. The number of hydrogen-bond acceptors (Lipinski definition) is 2. The van der Waals surface area contributed by atoms with Crippen LogP contribution in [0.15, 0.2) is 204 Å². The Morgan fingerprint density at radius 2 is 0.906 bits per heavy atom. The molecule has 0 amide bonds. The molecule has 10 aromatic rings. The summed E-state index contributed by atoms with van der Waals surface area (Å²) >= 11 is 1.87. The van der Waals surface area contributed by atoms with E-state index in [9.17, 15) is 0 Å². The van der Waals surface area contributed by atoms with Crippen LogP contribution in [0, 0.1) is 0 Å². The molecule has 0 radical (unpaired) electrons. The number of rotatable bonds is 5. The van der Waals surface area contributed by atoms with Crippen molar-refractivity contribution in [3.05, 3.63) is 194 Å². The Bertz CT molecular complexity index is 3020. The largest absolute Gasteiger partial charge is 0.310 e. The van der Waals surface area contributed by atoms with Gasteiger partial charge in [-0.15, -0.1) is 0 Å². The van der Waals surface area contributed by atoms with E-state index in [2.05, 4.69) is 204 Å². The quantitative estimate of drug-likeness (QED) is 0.177. The number of fused-ring (bicyclic) bond motifs is 7. The van der Waals surface area contributed by atoms with Crippen molar-refractivity contribution < 1.29 is 0 Å². The maximum absolute atomic E-state index is 2.49. The fourth-order valence-corrected chi connectivity index (χ4v) is 9.40. The van der Waals surface area contributed by atoms with Crippen molar-refractivity contribution in [1.82, 2.24) is 4.57 Å². The Hall–Kier alpha value is -6.55. The van der Waals surface area contributed by atoms with Gasteiger partial charge in [-0.3, -0.25) is 0 Å². The van der Waals surface area contributed by atoms with Gasteiger partial charge in [0.05, 0.1) is 16.7 Å². The van der Waals surface area contributed by atoms with E-state index < -0.39 is 0 Å². The fourth-order valence-electron chi connectivity index (χ4n) is 8.31. The summed E-state index contributed by atoms with van der Waals surface area (Å²) in [5.74, 6) is 0. The molecule has 0 unspecified atom stereocenters. The Morgan fingerprint density at radius 1 is 0.358 bits per heavy atom. The molecule has 0 saturated carbocycles. The first-order valence-corrected chi connectivity index (χ1v) is 18.9. The maximum Gasteiger partial charge on any atom is 0.0681 e. The molecular weight excluding hydrogens is 661 g/mol. The second-order valence-corrected chi connectivity index (χ2v) is 14.8. The smallest absolute Gasteiger partial charge is 0.0681 e. The van der Waals surface area contributed by atoms with Crippen molar-refractivity contribution in [3.8, 4) is 27.9 Å². The zero-order valence-corrected chi connectivity index (χ0v) is 29.6. The van der Waals surface area contributed by atoms with Gasteiger partial charge in [-0.25, -0.2) is 0 Å². The van der Waals surface area contributed by atoms with E-state index in [1.807, 2.05) is 11.8 Å². The molecule has 2 nitrogen and oxygen atoms in total. The monoisotopic (exact) mass is 692 g/mol. The van der Waals surface area contributed by atoms with E-state index in [0.717, 1.165) is 17.1 Å². The topological polar surface area (TPSA) is 8.17 Å². The number of anilines is 3. The van der Waals surface area contributed by atoms with Gasteiger partial charge >= 0.3 is 0 Å². The van der Waals surface area contributed by atoms with Crippen LogP contribution >= 0.6 is 11.8 Å². The van der Waals surface area contributed by atoms with Crippen molar-refractivity contribution >= 4 is 72.2 Å². The van der Waals surface area contributed by atoms with E-state index in [1.54, 1.807) is 0 Å². The van der Waals surface area contributed by atoms with Gasteiger partial charge in [0.2, 0.25) is 0 Å². The van der Waals surface area contributed by atoms with Gasteiger partial charge in [-0.1, -0.05) is 151 Å². The molecular formula is C50H32N2S. The third-order valence-electron chi connectivity index (χ3n) is 10.8. The fraction of sp³-hybridized carbons (Fsp3) is 0. The maximum atomic E-state index is 2.49. The van der Waals surface area contributed by atoms with Crippen LogP contribution < -0.4 is 4.90 Å². The lowest BCUT2D eigenvalue weighted by Gasteiger charge is -2.26. The summed E-state index contributed by atoms with van der Waals surface area (Å²) in [5, 5.41) is 7.56. The highest BCUT2D eigenvalue weighted by molar-refractivity contribution is 7.99. The summed E-state index contributed by atoms with van der Waals surface area (Å²) in [4.78, 5) is 4.96. The standard InChI is InChI=1S/C50H32N2S/c1-2-12-37-32-40(31-22-33(37)10-1)51(38-27-23-35(24-28-38)42-15-7-13-34-11-3-4-14-41(34)42)39-29-25-36(26-30-39)43-16-8-17-44-45-18-9-21-48-50(45)52(49(43)44)46-19-5-6-20-47(46)53-48/h1-32H. The average molecular weight is 693 g/mol. The predicted molar refractivity (Wildman–Crippen MR) is 225 cm³/mol. The molecule has 11 rings (SSSR count). The van der Waals surface area contributed by atoms with Crippen LogP contribution in [0.3, 0.4) is 0 Å². The third kappa shape index (κ3) is 4.82. The molecule has 0 aliphatic carbocycles. The van der Waals surface area contributed by atoms with E-state index in [0.29, 0.717) is 0 Å². The second kappa shape index (κ2) is 12.0. The van der Waals surface area contributed by atoms with Gasteiger partial charge in [0.25, 0.3) is 0 Å². The third-order valence-corrected chi connectivity index (χ3v) is 11.9. The molecule has 9 aromatic carbocycles. The SMILES string of the molecule is c1ccc2c(c1)Sc1cccc3c4cccc(-c5ccc(N(c6ccc(-c7cccc8ccccc78)cc6)c6ccc7ccccc7c6)cc5)c4n-2c13. The molecule has 0 N–H and O–H groups in total. The molecule has 1 aliphatic heterocycles. The van der Waals surface area contributed by atoms with Crippen LogP contribution in [-0.4, -0.2) is 4.57 Å². The van der Waals surface area contributed by atoms with Crippen LogP contribution in [0.25, 0.3) is 71.3 Å². The van der Waals surface area contributed by atoms with Gasteiger partial charge in [0.15, 0.2) is 0 Å². The van der Waals surface area contributed by atoms with Gasteiger partial charge in [-0.05, 0) is 92.8 Å². The zero-order valence-electron chi connectivity index (χ0n) is 28.8. The van der Waals surface area contributed by atoms with Crippen molar-refractivity contribution in [2.45, 2.75) is 9.79 Å². The molecule has 0 fully saturated rings. The van der Waals surface area contributed by atoms with Crippen molar-refractivity contribution in [2.24, 2.45) is 0 Å². The molecule has 0 saturated heterocycles. The summed E-state index contributed by atoms with van der Waals surface area (Å²) in [6.45, 7) is 0. The lowest BCUT2D eigenvalue weighted by molar-refractivity contribution is 1.09. The molecule has 2 heterocycles. The summed E-state index contributed by atoms with van der Waals surface area (Å²) in [6.07, 6.45) is 0. The summed E-state index contributed by atoms with van der Waals surface area (Å²) in [5.41, 5.74) is 12.0. The van der Waals surface area contributed by atoms with Crippen LogP contribution in [0.2, 0.25) is 0 Å². The number of para-hydroxylation sites is 3. The number of nitrogens with zero attached hydrogens (tertiary/aromatic N) is 2. The Balaban J connectivity index is 1.05. The van der Waals surface area contributed by atoms with Crippen molar-refractivity contribution in [1.29, 1.82) is 0 Å². The van der Waals surface area contributed by atoms with E-state index >= 15 is 0 Å². The predicted octanol–water partition coefficient (Wildman–Crippen LogP) is 14.4. The minimum atomic E-state index is 1.11. The van der Waals surface area contributed by atoms with E-state index in [1.165, 1.54) is 81.1 Å². The van der Waals surface area contributed by atoms with Crippen LogP contribution in [0.1, 0.15) is 0 Å². The second-order valence-electron chi connectivity index (χ2n) is 13.7. The van der Waals surface area contributed by atoms with Crippen LogP contribution in [0.5, 0.6) is 0 Å². The molecule has 1 aliphatic rings. The van der Waals surface area contributed by atoms with Crippen LogP contribution in [-0.2, 0) is 0 Å². The van der Waals surface area contributed by atoms with Crippen molar-refractivity contribution in [2.75, 3.05) is 4.90 Å². The number of benzene rings is 9. The normalized spacial score (nSPS) is 12.1. The van der Waals surface area contributed by atoms with Crippen LogP contribution in [0.4, 0.5) is 17.1 Å². The lowest BCUT2D eigenvalue weighted by atomic mass is 9.98. The highest BCUT2D eigenvalue weighted by Crippen LogP contribution is 2.48. The number of hydrogen-bond donors (Lipinski definition) is 0. The highest BCUT2D eigenvalue weighted by Gasteiger charge is 2.24. The molecule has 0 spiro atoms. The minimum absolute atomic E-state index is 1.11. The summed E-state index contributed by atoms with van der Waals surface area (Å²) in [7, 11) is 0. The number of aromatic nitrogens is 1. The first-order valence-electron chi connectivity index (χ1n) is 18.1. The zero-order chi connectivity index (χ0) is 34.9. The molecule has 248 valence electrons. The highest BCUT2D eigenvalue weighted by atomic mass is 32.2. The Kier molecular flexibility index (Phi) is 6.83. The summed E-state index contributed by atoms with van der Waals surface area (Å²) in [6, 6.07) is 70.9.